The van der Waals surface area contributed by atoms with E-state index in [1.807, 2.05) is 0 Å². The van der Waals surface area contributed by atoms with Gasteiger partial charge in [0.2, 0.25) is 0 Å². The van der Waals surface area contributed by atoms with Crippen molar-refractivity contribution in [1.82, 2.24) is 4.98 Å². The molecule has 6 heteroatoms. The number of ketones is 1. The minimum absolute atomic E-state index is 0.0134. The van der Waals surface area contributed by atoms with Gasteiger partial charge in [-0.2, -0.15) is 0 Å². The highest BCUT2D eigenvalue weighted by molar-refractivity contribution is 9.11. The molecule has 0 bridgehead atoms. The van der Waals surface area contributed by atoms with E-state index >= 15 is 0 Å². The molecule has 0 fully saturated rings. The third kappa shape index (κ3) is 2.58. The molecule has 2 heterocycles. The molecule has 0 aliphatic carbocycles. The highest BCUT2D eigenvalue weighted by Gasteiger charge is 2.17. The smallest absolute Gasteiger partial charge is 0.180 e. The van der Waals surface area contributed by atoms with Crippen molar-refractivity contribution in [3.63, 3.8) is 0 Å². The predicted octanol–water partition coefficient (Wildman–Crippen LogP) is 2.81. The summed E-state index contributed by atoms with van der Waals surface area (Å²) in [7, 11) is 0. The van der Waals surface area contributed by atoms with Crippen LogP contribution in [-0.2, 0) is 0 Å². The number of aliphatic hydroxyl groups is 1. The highest BCUT2D eigenvalue weighted by atomic mass is 79.9. The van der Waals surface area contributed by atoms with Crippen LogP contribution in [0.4, 0.5) is 0 Å². The summed E-state index contributed by atoms with van der Waals surface area (Å²) >= 11 is 4.63. The standard InChI is InChI=1S/C10H8BrNO3S/c11-10-2-1-9(16-10)8(14)3-7(13)6-4-15-5-12-6/h1-2,4-5,7,13H,3H2. The summed E-state index contributed by atoms with van der Waals surface area (Å²) in [5, 5.41) is 9.70. The normalized spacial score (nSPS) is 12.6. The van der Waals surface area contributed by atoms with E-state index in [1.165, 1.54) is 24.0 Å². The number of aromatic nitrogens is 1. The summed E-state index contributed by atoms with van der Waals surface area (Å²) in [6.45, 7) is 0. The fraction of sp³-hybridized carbons (Fsp3) is 0.200. The number of oxazole rings is 1. The molecule has 16 heavy (non-hydrogen) atoms. The lowest BCUT2D eigenvalue weighted by molar-refractivity contribution is 0.0878. The molecule has 2 aromatic heterocycles. The van der Waals surface area contributed by atoms with Gasteiger partial charge in [0.1, 0.15) is 18.1 Å². The topological polar surface area (TPSA) is 63.3 Å². The third-order valence-corrected chi connectivity index (χ3v) is 3.68. The first kappa shape index (κ1) is 11.5. The molecule has 84 valence electrons. The van der Waals surface area contributed by atoms with Gasteiger partial charge in [-0.15, -0.1) is 11.3 Å². The number of halogens is 1. The zero-order valence-corrected chi connectivity index (χ0v) is 10.5. The molecule has 0 saturated carbocycles. The first-order valence-electron chi connectivity index (χ1n) is 4.51. The number of hydrogen-bond donors (Lipinski definition) is 1. The zero-order valence-electron chi connectivity index (χ0n) is 8.09. The Morgan fingerprint density at radius 2 is 2.44 bits per heavy atom. The molecule has 1 unspecified atom stereocenters. The minimum Gasteiger partial charge on any atom is -0.451 e. The van der Waals surface area contributed by atoms with Crippen molar-refractivity contribution in [3.05, 3.63) is 39.1 Å². The summed E-state index contributed by atoms with van der Waals surface area (Å²) in [6.07, 6.45) is 1.67. The summed E-state index contributed by atoms with van der Waals surface area (Å²) < 4.78 is 5.63. The van der Waals surface area contributed by atoms with E-state index in [2.05, 4.69) is 20.9 Å². The van der Waals surface area contributed by atoms with Gasteiger partial charge in [0.05, 0.1) is 8.66 Å². The van der Waals surface area contributed by atoms with Gasteiger partial charge in [0, 0.05) is 6.42 Å². The van der Waals surface area contributed by atoms with E-state index in [1.54, 1.807) is 12.1 Å². The molecule has 0 amide bonds. The van der Waals surface area contributed by atoms with Gasteiger partial charge in [-0.05, 0) is 28.1 Å². The summed E-state index contributed by atoms with van der Waals surface area (Å²) in [5.41, 5.74) is 0.379. The lowest BCUT2D eigenvalue weighted by Gasteiger charge is -2.04. The molecule has 2 rings (SSSR count). The number of Topliss-reactive ketones (excluding diaryl/α,β-unsaturated/α-hetero) is 1. The maximum Gasteiger partial charge on any atom is 0.180 e. The number of carbonyl (C=O) groups excluding carboxylic acids is 1. The van der Waals surface area contributed by atoms with Gasteiger partial charge in [0.15, 0.2) is 12.2 Å². The average Bonchev–Trinajstić information content (AvgIpc) is 2.87. The number of rotatable bonds is 4. The Balaban J connectivity index is 2.03. The van der Waals surface area contributed by atoms with Crippen molar-refractivity contribution < 1.29 is 14.3 Å². The summed E-state index contributed by atoms with van der Waals surface area (Å²) in [5.74, 6) is -0.105. The monoisotopic (exact) mass is 301 g/mol. The van der Waals surface area contributed by atoms with Crippen LogP contribution in [-0.4, -0.2) is 15.9 Å². The van der Waals surface area contributed by atoms with Gasteiger partial charge in [-0.1, -0.05) is 0 Å². The minimum atomic E-state index is -0.910. The van der Waals surface area contributed by atoms with E-state index in [-0.39, 0.29) is 12.2 Å². The van der Waals surface area contributed by atoms with E-state index in [0.717, 1.165) is 3.79 Å². The van der Waals surface area contributed by atoms with Crippen molar-refractivity contribution in [2.75, 3.05) is 0 Å². The first-order valence-corrected chi connectivity index (χ1v) is 6.12. The van der Waals surface area contributed by atoms with Crippen molar-refractivity contribution in [1.29, 1.82) is 0 Å². The first-order chi connectivity index (χ1) is 7.66. The Morgan fingerprint density at radius 3 is 3.00 bits per heavy atom. The second kappa shape index (κ2) is 4.90. The quantitative estimate of drug-likeness (QED) is 0.882. The summed E-state index contributed by atoms with van der Waals surface area (Å²) in [4.78, 5) is 16.1. The number of hydrogen-bond acceptors (Lipinski definition) is 5. The van der Waals surface area contributed by atoms with Gasteiger partial charge in [-0.25, -0.2) is 4.98 Å². The molecular formula is C10H8BrNO3S. The second-order valence-corrected chi connectivity index (χ2v) is 5.62. The molecule has 4 nitrogen and oxygen atoms in total. The van der Waals surface area contributed by atoms with Crippen LogP contribution in [0.3, 0.4) is 0 Å². The Morgan fingerprint density at radius 1 is 1.62 bits per heavy atom. The van der Waals surface area contributed by atoms with Crippen LogP contribution in [0.25, 0.3) is 0 Å². The maximum atomic E-state index is 11.7. The van der Waals surface area contributed by atoms with E-state index in [9.17, 15) is 9.90 Å². The molecule has 2 aromatic rings. The van der Waals surface area contributed by atoms with E-state index in [4.69, 9.17) is 4.42 Å². The molecule has 0 saturated heterocycles. The maximum absolute atomic E-state index is 11.7. The third-order valence-electron chi connectivity index (χ3n) is 2.02. The lowest BCUT2D eigenvalue weighted by Crippen LogP contribution is -2.05. The average molecular weight is 302 g/mol. The van der Waals surface area contributed by atoms with Gasteiger partial charge in [-0.3, -0.25) is 4.79 Å². The Hall–Kier alpha value is -0.980. The van der Waals surface area contributed by atoms with Crippen LogP contribution in [0.15, 0.2) is 33.0 Å². The fourth-order valence-corrected chi connectivity index (χ4v) is 2.57. The number of carbonyl (C=O) groups is 1. The molecule has 0 aliphatic rings. The number of nitrogens with zero attached hydrogens (tertiary/aromatic N) is 1. The van der Waals surface area contributed by atoms with Crippen LogP contribution in [0.5, 0.6) is 0 Å². The van der Waals surface area contributed by atoms with E-state index in [0.29, 0.717) is 10.6 Å². The largest absolute Gasteiger partial charge is 0.451 e. The molecule has 1 N–H and O–H groups in total. The van der Waals surface area contributed by atoms with Crippen molar-refractivity contribution in [3.8, 4) is 0 Å². The van der Waals surface area contributed by atoms with E-state index < -0.39 is 6.10 Å². The van der Waals surface area contributed by atoms with Crippen molar-refractivity contribution >= 4 is 33.0 Å². The molecular weight excluding hydrogens is 294 g/mol. The molecule has 0 aliphatic heterocycles. The molecule has 1 atom stereocenters. The van der Waals surface area contributed by atoms with Crippen LogP contribution in [0, 0.1) is 0 Å². The zero-order chi connectivity index (χ0) is 11.5. The number of thiophene rings is 1. The van der Waals surface area contributed by atoms with Crippen LogP contribution >= 0.6 is 27.3 Å². The highest BCUT2D eigenvalue weighted by Crippen LogP contribution is 2.25. The predicted molar refractivity (Wildman–Crippen MR) is 62.4 cm³/mol. The Bertz CT molecular complexity index is 480. The fourth-order valence-electron chi connectivity index (χ4n) is 1.23. The SMILES string of the molecule is O=C(CC(O)c1cocn1)c1ccc(Br)s1. The van der Waals surface area contributed by atoms with Crippen molar-refractivity contribution in [2.45, 2.75) is 12.5 Å². The molecule has 0 radical (unpaired) electrons. The Labute approximate surface area is 104 Å². The molecule has 0 spiro atoms. The van der Waals surface area contributed by atoms with Gasteiger partial charge >= 0.3 is 0 Å². The number of aliphatic hydroxyl groups excluding tert-OH is 1. The molecule has 0 aromatic carbocycles. The lowest BCUT2D eigenvalue weighted by atomic mass is 10.1. The van der Waals surface area contributed by atoms with Gasteiger partial charge < -0.3 is 9.52 Å². The Kier molecular flexibility index (Phi) is 3.52. The summed E-state index contributed by atoms with van der Waals surface area (Å²) in [6, 6.07) is 3.53. The second-order valence-electron chi connectivity index (χ2n) is 3.16. The van der Waals surface area contributed by atoms with Crippen molar-refractivity contribution in [2.24, 2.45) is 0 Å². The van der Waals surface area contributed by atoms with Gasteiger partial charge in [0.25, 0.3) is 0 Å². The van der Waals surface area contributed by atoms with Crippen LogP contribution < -0.4 is 0 Å². The van der Waals surface area contributed by atoms with Crippen LogP contribution in [0.1, 0.15) is 27.9 Å². The van der Waals surface area contributed by atoms with Crippen LogP contribution in [0.2, 0.25) is 0 Å².